The number of pyridine rings is 1. The van der Waals surface area contributed by atoms with Crippen LogP contribution in [-0.4, -0.2) is 30.4 Å². The molecule has 1 rings (SSSR count). The number of rotatable bonds is 6. The third-order valence-corrected chi connectivity index (χ3v) is 2.14. The van der Waals surface area contributed by atoms with Crippen molar-refractivity contribution >= 4 is 0 Å². The topological polar surface area (TPSA) is 34.1 Å². The molecule has 6 heteroatoms. The van der Waals surface area contributed by atoms with Gasteiger partial charge in [-0.05, 0) is 19.1 Å². The number of ether oxygens (including phenoxy) is 1. The van der Waals surface area contributed by atoms with E-state index in [2.05, 4.69) is 15.0 Å². The summed E-state index contributed by atoms with van der Waals surface area (Å²) in [6.07, 6.45) is -4.35. The predicted octanol–water partition coefficient (Wildman–Crippen LogP) is 2.14. The normalized spacial score (nSPS) is 13.6. The van der Waals surface area contributed by atoms with E-state index in [1.54, 1.807) is 12.3 Å². The third-order valence-electron chi connectivity index (χ3n) is 2.14. The zero-order chi connectivity index (χ0) is 12.7. The second-order valence-corrected chi connectivity index (χ2v) is 3.55. The summed E-state index contributed by atoms with van der Waals surface area (Å²) in [5.41, 5.74) is 0.844. The fraction of sp³-hybridized carbons (Fsp3) is 0.545. The Hall–Kier alpha value is -1.14. The van der Waals surface area contributed by atoms with Crippen LogP contribution in [0, 0.1) is 0 Å². The lowest BCUT2D eigenvalue weighted by Crippen LogP contribution is -2.31. The highest BCUT2D eigenvalue weighted by Gasteiger charge is 2.36. The maximum Gasteiger partial charge on any atom is 0.414 e. The quantitative estimate of drug-likeness (QED) is 0.783. The van der Waals surface area contributed by atoms with Crippen LogP contribution in [0.5, 0.6) is 0 Å². The fourth-order valence-corrected chi connectivity index (χ4v) is 1.12. The van der Waals surface area contributed by atoms with Crippen molar-refractivity contribution in [3.63, 3.8) is 0 Å². The number of hydrogen-bond donors (Lipinski definition) is 1. The summed E-state index contributed by atoms with van der Waals surface area (Å²) in [5, 5.41) is 2.95. The molecule has 1 N–H and O–H groups in total. The van der Waals surface area contributed by atoms with Crippen molar-refractivity contribution in [2.24, 2.45) is 0 Å². The zero-order valence-corrected chi connectivity index (χ0v) is 9.50. The van der Waals surface area contributed by atoms with Gasteiger partial charge >= 0.3 is 6.18 Å². The van der Waals surface area contributed by atoms with E-state index < -0.39 is 12.3 Å². The van der Waals surface area contributed by atoms with Crippen molar-refractivity contribution in [1.29, 1.82) is 0 Å². The van der Waals surface area contributed by atoms with Gasteiger partial charge in [0.15, 0.2) is 6.10 Å². The van der Waals surface area contributed by atoms with Crippen LogP contribution in [0.2, 0.25) is 0 Å². The van der Waals surface area contributed by atoms with E-state index >= 15 is 0 Å². The Kier molecular flexibility index (Phi) is 5.37. The Morgan fingerprint density at radius 3 is 2.76 bits per heavy atom. The first-order chi connectivity index (χ1) is 8.00. The summed E-state index contributed by atoms with van der Waals surface area (Å²) in [4.78, 5) is 4.07. The highest BCUT2D eigenvalue weighted by Crippen LogP contribution is 2.21. The molecule has 0 saturated carbocycles. The van der Waals surface area contributed by atoms with Gasteiger partial charge in [0.25, 0.3) is 0 Å². The first-order valence-electron chi connectivity index (χ1n) is 5.29. The van der Waals surface area contributed by atoms with Crippen molar-refractivity contribution in [3.8, 4) is 0 Å². The maximum atomic E-state index is 12.1. The molecule has 17 heavy (non-hydrogen) atoms. The zero-order valence-electron chi connectivity index (χ0n) is 9.50. The van der Waals surface area contributed by atoms with E-state index in [0.717, 1.165) is 12.6 Å². The molecule has 3 nitrogen and oxygen atoms in total. The number of nitrogens with zero attached hydrogens (tertiary/aromatic N) is 1. The minimum absolute atomic E-state index is 0.0213. The van der Waals surface area contributed by atoms with Gasteiger partial charge in [-0.2, -0.15) is 13.2 Å². The average molecular weight is 248 g/mol. The van der Waals surface area contributed by atoms with E-state index in [1.165, 1.54) is 0 Å². The van der Waals surface area contributed by atoms with Gasteiger partial charge in [0.2, 0.25) is 0 Å². The van der Waals surface area contributed by atoms with Crippen molar-refractivity contribution in [2.75, 3.05) is 13.2 Å². The molecule has 0 amide bonds. The van der Waals surface area contributed by atoms with Crippen LogP contribution in [0.4, 0.5) is 13.2 Å². The molecule has 1 aromatic rings. The van der Waals surface area contributed by atoms with Gasteiger partial charge in [-0.15, -0.1) is 0 Å². The summed E-state index contributed by atoms with van der Waals surface area (Å²) in [6, 6.07) is 5.50. The Bertz CT molecular complexity index is 316. The highest BCUT2D eigenvalue weighted by atomic mass is 19.4. The number of nitrogens with one attached hydrogen (secondary N) is 1. The Balaban J connectivity index is 2.09. The van der Waals surface area contributed by atoms with Gasteiger partial charge in [0.1, 0.15) is 0 Å². The van der Waals surface area contributed by atoms with Gasteiger partial charge in [-0.1, -0.05) is 6.07 Å². The summed E-state index contributed by atoms with van der Waals surface area (Å²) in [6.45, 7) is 1.90. The van der Waals surface area contributed by atoms with Gasteiger partial charge < -0.3 is 10.1 Å². The van der Waals surface area contributed by atoms with Crippen molar-refractivity contribution in [3.05, 3.63) is 30.1 Å². The number of aromatic nitrogens is 1. The van der Waals surface area contributed by atoms with Gasteiger partial charge in [-0.3, -0.25) is 4.98 Å². The first kappa shape index (κ1) is 13.9. The summed E-state index contributed by atoms with van der Waals surface area (Å²) < 4.78 is 40.8. The minimum atomic E-state index is -4.29. The largest absolute Gasteiger partial charge is 0.414 e. The van der Waals surface area contributed by atoms with E-state index in [9.17, 15) is 13.2 Å². The summed E-state index contributed by atoms with van der Waals surface area (Å²) >= 11 is 0. The Morgan fingerprint density at radius 2 is 2.18 bits per heavy atom. The molecule has 96 valence electrons. The van der Waals surface area contributed by atoms with Crippen molar-refractivity contribution in [1.82, 2.24) is 10.3 Å². The van der Waals surface area contributed by atoms with Crippen LogP contribution in [-0.2, 0) is 11.3 Å². The molecule has 0 aliphatic heterocycles. The SMILES string of the molecule is CC(OCCNCc1ccccn1)C(F)(F)F. The lowest BCUT2D eigenvalue weighted by Gasteiger charge is -2.16. The van der Waals surface area contributed by atoms with Crippen LogP contribution in [0.15, 0.2) is 24.4 Å². The van der Waals surface area contributed by atoms with Gasteiger partial charge in [0.05, 0.1) is 12.3 Å². The molecule has 0 fully saturated rings. The van der Waals surface area contributed by atoms with Gasteiger partial charge in [0, 0.05) is 19.3 Å². The highest BCUT2D eigenvalue weighted by molar-refractivity contribution is 5.02. The lowest BCUT2D eigenvalue weighted by molar-refractivity contribution is -0.213. The molecule has 1 atom stereocenters. The Morgan fingerprint density at radius 1 is 1.41 bits per heavy atom. The average Bonchev–Trinajstić information content (AvgIpc) is 2.28. The molecule has 1 aromatic heterocycles. The smallest absolute Gasteiger partial charge is 0.368 e. The summed E-state index contributed by atoms with van der Waals surface area (Å²) in [7, 11) is 0. The van der Waals surface area contributed by atoms with Crippen LogP contribution in [0.3, 0.4) is 0 Å². The lowest BCUT2D eigenvalue weighted by atomic mass is 10.3. The minimum Gasteiger partial charge on any atom is -0.368 e. The van der Waals surface area contributed by atoms with E-state index in [0.29, 0.717) is 13.1 Å². The molecule has 0 bridgehead atoms. The summed E-state index contributed by atoms with van der Waals surface area (Å²) in [5.74, 6) is 0. The number of hydrogen-bond acceptors (Lipinski definition) is 3. The first-order valence-corrected chi connectivity index (χ1v) is 5.29. The molecule has 0 radical (unpaired) electrons. The molecule has 0 saturated heterocycles. The van der Waals surface area contributed by atoms with E-state index in [1.807, 2.05) is 12.1 Å². The monoisotopic (exact) mass is 248 g/mol. The van der Waals surface area contributed by atoms with Crippen LogP contribution < -0.4 is 5.32 Å². The Labute approximate surface area is 98.0 Å². The maximum absolute atomic E-state index is 12.1. The second-order valence-electron chi connectivity index (χ2n) is 3.55. The molecule has 0 aromatic carbocycles. The molecular formula is C11H15F3N2O. The van der Waals surface area contributed by atoms with E-state index in [4.69, 9.17) is 0 Å². The third kappa shape index (κ3) is 5.65. The fourth-order valence-electron chi connectivity index (χ4n) is 1.12. The van der Waals surface area contributed by atoms with Crippen LogP contribution in [0.1, 0.15) is 12.6 Å². The predicted molar refractivity (Wildman–Crippen MR) is 57.4 cm³/mol. The number of halogens is 3. The van der Waals surface area contributed by atoms with Crippen LogP contribution >= 0.6 is 0 Å². The molecule has 0 spiro atoms. The van der Waals surface area contributed by atoms with Crippen molar-refractivity contribution in [2.45, 2.75) is 25.7 Å². The molecule has 1 unspecified atom stereocenters. The molecule has 0 aliphatic carbocycles. The van der Waals surface area contributed by atoms with Gasteiger partial charge in [-0.25, -0.2) is 0 Å². The second kappa shape index (κ2) is 6.56. The molecular weight excluding hydrogens is 233 g/mol. The molecule has 1 heterocycles. The van der Waals surface area contributed by atoms with Crippen LogP contribution in [0.25, 0.3) is 0 Å². The van der Waals surface area contributed by atoms with E-state index in [-0.39, 0.29) is 6.61 Å². The standard InChI is InChI=1S/C11H15F3N2O/c1-9(11(12,13)14)17-7-6-15-8-10-4-2-3-5-16-10/h2-5,9,15H,6-8H2,1H3. The van der Waals surface area contributed by atoms with Crippen molar-refractivity contribution < 1.29 is 17.9 Å². The molecule has 0 aliphatic rings. The number of alkyl halides is 3.